The molecule has 2 heterocycles. The third kappa shape index (κ3) is 4.11. The Bertz CT molecular complexity index is 783. The molecule has 1 saturated heterocycles. The molecule has 7 heteroatoms. The van der Waals surface area contributed by atoms with Crippen LogP contribution >= 0.6 is 23.2 Å². The van der Waals surface area contributed by atoms with Crippen LogP contribution in [0.15, 0.2) is 42.6 Å². The van der Waals surface area contributed by atoms with Gasteiger partial charge in [0.05, 0.1) is 10.6 Å². The molecular weight excluding hydrogens is 361 g/mol. The molecule has 0 radical (unpaired) electrons. The van der Waals surface area contributed by atoms with Gasteiger partial charge in [-0.15, -0.1) is 0 Å². The Balaban J connectivity index is 1.70. The molecule has 3 rings (SSSR count). The van der Waals surface area contributed by atoms with E-state index >= 15 is 0 Å². The second kappa shape index (κ2) is 7.85. The van der Waals surface area contributed by atoms with Crippen LogP contribution in [0.5, 0.6) is 0 Å². The van der Waals surface area contributed by atoms with Crippen LogP contribution in [-0.4, -0.2) is 52.8 Å². The Morgan fingerprint density at radius 2 is 1.64 bits per heavy atom. The fraction of sp³-hybridized carbons (Fsp3) is 0.278. The zero-order valence-electron chi connectivity index (χ0n) is 13.5. The Kier molecular flexibility index (Phi) is 5.56. The van der Waals surface area contributed by atoms with E-state index in [0.29, 0.717) is 53.9 Å². The smallest absolute Gasteiger partial charge is 0.272 e. The molecular formula is C18H17Cl2N3O2. The number of hydrogen-bond acceptors (Lipinski definition) is 3. The van der Waals surface area contributed by atoms with Crippen LogP contribution in [0.2, 0.25) is 10.0 Å². The molecule has 0 aliphatic carbocycles. The molecule has 1 aromatic heterocycles. The summed E-state index contributed by atoms with van der Waals surface area (Å²) in [6.45, 7) is 2.05. The molecule has 5 nitrogen and oxygen atoms in total. The molecule has 25 heavy (non-hydrogen) atoms. The highest BCUT2D eigenvalue weighted by atomic mass is 35.5. The Hall–Kier alpha value is -2.11. The molecule has 130 valence electrons. The van der Waals surface area contributed by atoms with E-state index in [1.54, 1.807) is 52.4 Å². The lowest BCUT2D eigenvalue weighted by atomic mass is 10.2. The van der Waals surface area contributed by atoms with Gasteiger partial charge >= 0.3 is 0 Å². The topological polar surface area (TPSA) is 53.5 Å². The summed E-state index contributed by atoms with van der Waals surface area (Å²) in [7, 11) is 0. The molecule has 0 unspecified atom stereocenters. The molecule has 0 spiro atoms. The van der Waals surface area contributed by atoms with Crippen molar-refractivity contribution in [1.29, 1.82) is 0 Å². The lowest BCUT2D eigenvalue weighted by Crippen LogP contribution is -2.37. The first-order valence-corrected chi connectivity index (χ1v) is 8.76. The highest BCUT2D eigenvalue weighted by Crippen LogP contribution is 2.22. The number of halogens is 2. The van der Waals surface area contributed by atoms with E-state index in [9.17, 15) is 9.59 Å². The van der Waals surface area contributed by atoms with Gasteiger partial charge in [0.25, 0.3) is 11.8 Å². The first kappa shape index (κ1) is 17.7. The van der Waals surface area contributed by atoms with Crippen molar-refractivity contribution in [3.8, 4) is 0 Å². The van der Waals surface area contributed by atoms with E-state index in [4.69, 9.17) is 23.2 Å². The molecule has 2 amide bonds. The average Bonchev–Trinajstić information content (AvgIpc) is 2.89. The van der Waals surface area contributed by atoms with Crippen molar-refractivity contribution in [2.75, 3.05) is 26.2 Å². The van der Waals surface area contributed by atoms with Gasteiger partial charge in [0.15, 0.2) is 0 Å². The summed E-state index contributed by atoms with van der Waals surface area (Å²) in [6, 6.07) is 10.1. The number of nitrogens with zero attached hydrogens (tertiary/aromatic N) is 3. The largest absolute Gasteiger partial charge is 0.337 e. The maximum atomic E-state index is 12.7. The van der Waals surface area contributed by atoms with E-state index in [1.807, 2.05) is 0 Å². The average molecular weight is 378 g/mol. The maximum absolute atomic E-state index is 12.7. The number of rotatable bonds is 2. The SMILES string of the molecule is O=C(c1ccccn1)N1CCCN(C(=O)c2cc(Cl)ccc2Cl)CC1. The van der Waals surface area contributed by atoms with Gasteiger partial charge in [0.2, 0.25) is 0 Å². The van der Waals surface area contributed by atoms with Crippen LogP contribution < -0.4 is 0 Å². The van der Waals surface area contributed by atoms with Crippen LogP contribution in [0.1, 0.15) is 27.3 Å². The van der Waals surface area contributed by atoms with Crippen LogP contribution in [0.25, 0.3) is 0 Å². The van der Waals surface area contributed by atoms with Gasteiger partial charge in [-0.2, -0.15) is 0 Å². The van der Waals surface area contributed by atoms with E-state index < -0.39 is 0 Å². The van der Waals surface area contributed by atoms with Crippen LogP contribution in [0, 0.1) is 0 Å². The minimum absolute atomic E-state index is 0.115. The Labute approximate surface area is 156 Å². The first-order valence-electron chi connectivity index (χ1n) is 8.01. The number of hydrogen-bond donors (Lipinski definition) is 0. The van der Waals surface area contributed by atoms with Crippen LogP contribution in [0.4, 0.5) is 0 Å². The third-order valence-corrected chi connectivity index (χ3v) is 4.68. The van der Waals surface area contributed by atoms with Gasteiger partial charge in [-0.25, -0.2) is 0 Å². The van der Waals surface area contributed by atoms with Crippen molar-refractivity contribution in [3.05, 3.63) is 63.9 Å². The number of aromatic nitrogens is 1. The van der Waals surface area contributed by atoms with Gasteiger partial charge in [0.1, 0.15) is 5.69 Å². The number of pyridine rings is 1. The van der Waals surface area contributed by atoms with E-state index in [-0.39, 0.29) is 11.8 Å². The van der Waals surface area contributed by atoms with Crippen molar-refractivity contribution < 1.29 is 9.59 Å². The highest BCUT2D eigenvalue weighted by Gasteiger charge is 2.25. The van der Waals surface area contributed by atoms with E-state index in [1.165, 1.54) is 0 Å². The maximum Gasteiger partial charge on any atom is 0.272 e. The fourth-order valence-corrected chi connectivity index (χ4v) is 3.18. The number of benzene rings is 1. The second-order valence-electron chi connectivity index (χ2n) is 5.78. The predicted octanol–water partition coefficient (Wildman–Crippen LogP) is 3.38. The normalized spacial score (nSPS) is 15.0. The molecule has 1 aliphatic heterocycles. The number of carbonyl (C=O) groups is 2. The fourth-order valence-electron chi connectivity index (χ4n) is 2.81. The lowest BCUT2D eigenvalue weighted by molar-refractivity contribution is 0.0716. The molecule has 0 atom stereocenters. The first-order chi connectivity index (χ1) is 12.1. The second-order valence-corrected chi connectivity index (χ2v) is 6.62. The Morgan fingerprint density at radius 3 is 2.32 bits per heavy atom. The minimum Gasteiger partial charge on any atom is -0.337 e. The van der Waals surface area contributed by atoms with Crippen LogP contribution in [-0.2, 0) is 0 Å². The number of amides is 2. The molecule has 0 saturated carbocycles. The van der Waals surface area contributed by atoms with Crippen molar-refractivity contribution in [3.63, 3.8) is 0 Å². The molecule has 1 aromatic carbocycles. The third-order valence-electron chi connectivity index (χ3n) is 4.11. The monoisotopic (exact) mass is 377 g/mol. The Morgan fingerprint density at radius 1 is 0.920 bits per heavy atom. The summed E-state index contributed by atoms with van der Waals surface area (Å²) in [4.78, 5) is 32.8. The molecule has 0 bridgehead atoms. The summed E-state index contributed by atoms with van der Waals surface area (Å²) in [5.74, 6) is -0.282. The van der Waals surface area contributed by atoms with Gasteiger partial charge < -0.3 is 9.80 Å². The van der Waals surface area contributed by atoms with Crippen molar-refractivity contribution in [2.45, 2.75) is 6.42 Å². The predicted molar refractivity (Wildman–Crippen MR) is 97.1 cm³/mol. The van der Waals surface area contributed by atoms with Crippen molar-refractivity contribution in [1.82, 2.24) is 14.8 Å². The summed E-state index contributed by atoms with van der Waals surface area (Å²) in [6.07, 6.45) is 2.30. The van der Waals surface area contributed by atoms with Crippen LogP contribution in [0.3, 0.4) is 0 Å². The van der Waals surface area contributed by atoms with E-state index in [0.717, 1.165) is 0 Å². The molecule has 0 N–H and O–H groups in total. The van der Waals surface area contributed by atoms with E-state index in [2.05, 4.69) is 4.98 Å². The van der Waals surface area contributed by atoms with Crippen molar-refractivity contribution >= 4 is 35.0 Å². The summed E-state index contributed by atoms with van der Waals surface area (Å²) in [5, 5.41) is 0.842. The minimum atomic E-state index is -0.167. The molecule has 2 aromatic rings. The highest BCUT2D eigenvalue weighted by molar-refractivity contribution is 6.35. The molecule has 1 aliphatic rings. The van der Waals surface area contributed by atoms with Gasteiger partial charge in [-0.1, -0.05) is 29.3 Å². The molecule has 1 fully saturated rings. The van der Waals surface area contributed by atoms with Crippen molar-refractivity contribution in [2.24, 2.45) is 0 Å². The summed E-state index contributed by atoms with van der Waals surface area (Å²) >= 11 is 12.1. The quantitative estimate of drug-likeness (QED) is 0.805. The zero-order chi connectivity index (χ0) is 17.8. The van der Waals surface area contributed by atoms with Gasteiger partial charge in [-0.05, 0) is 36.8 Å². The standard InChI is InChI=1S/C18H17Cl2N3O2/c19-13-5-6-15(20)14(12-13)17(24)22-8-3-9-23(11-10-22)18(25)16-4-1-2-7-21-16/h1-2,4-7,12H,3,8-11H2. The zero-order valence-corrected chi connectivity index (χ0v) is 15.0. The van der Waals surface area contributed by atoms with Gasteiger partial charge in [-0.3, -0.25) is 14.6 Å². The summed E-state index contributed by atoms with van der Waals surface area (Å²) in [5.41, 5.74) is 0.804. The summed E-state index contributed by atoms with van der Waals surface area (Å²) < 4.78 is 0. The lowest BCUT2D eigenvalue weighted by Gasteiger charge is -2.22. The number of carbonyl (C=O) groups excluding carboxylic acids is 2. The van der Waals surface area contributed by atoms with Gasteiger partial charge in [0, 0.05) is 37.4 Å².